The molecule has 1 aliphatic heterocycles. The molecule has 1 fully saturated rings. The zero-order valence-corrected chi connectivity index (χ0v) is 16.2. The van der Waals surface area contributed by atoms with Gasteiger partial charge in [0.15, 0.2) is 4.32 Å². The van der Waals surface area contributed by atoms with Crippen molar-refractivity contribution in [3.63, 3.8) is 0 Å². The van der Waals surface area contributed by atoms with Crippen molar-refractivity contribution in [2.75, 3.05) is 25.2 Å². The minimum absolute atomic E-state index is 0.102. The Labute approximate surface area is 162 Å². The molecular formula is C20H19NO3S2. The molecule has 6 heteroatoms. The number of carbonyl (C=O) groups is 1. The number of thioether (sulfide) groups is 1. The largest absolute Gasteiger partial charge is 0.491 e. The van der Waals surface area contributed by atoms with E-state index in [0.29, 0.717) is 22.4 Å². The van der Waals surface area contributed by atoms with E-state index in [1.165, 1.54) is 11.8 Å². The first-order valence-electron chi connectivity index (χ1n) is 8.15. The van der Waals surface area contributed by atoms with Crippen LogP contribution in [0.5, 0.6) is 5.75 Å². The minimum atomic E-state index is -0.102. The third kappa shape index (κ3) is 4.33. The van der Waals surface area contributed by atoms with E-state index in [9.17, 15) is 4.79 Å². The Morgan fingerprint density at radius 3 is 2.65 bits per heavy atom. The summed E-state index contributed by atoms with van der Waals surface area (Å²) in [6, 6.07) is 15.4. The summed E-state index contributed by atoms with van der Waals surface area (Å²) in [4.78, 5) is 15.0. The molecule has 2 aromatic rings. The van der Waals surface area contributed by atoms with Crippen LogP contribution < -0.4 is 9.64 Å². The first-order chi connectivity index (χ1) is 12.6. The number of carbonyl (C=O) groups excluding carboxylic acids is 1. The molecule has 0 aliphatic carbocycles. The van der Waals surface area contributed by atoms with Gasteiger partial charge in [0.2, 0.25) is 0 Å². The van der Waals surface area contributed by atoms with Gasteiger partial charge in [-0.25, -0.2) is 0 Å². The van der Waals surface area contributed by atoms with Crippen LogP contribution in [0.3, 0.4) is 0 Å². The van der Waals surface area contributed by atoms with Crippen molar-refractivity contribution in [2.24, 2.45) is 0 Å². The van der Waals surface area contributed by atoms with Crippen molar-refractivity contribution in [1.29, 1.82) is 0 Å². The molecule has 26 heavy (non-hydrogen) atoms. The molecule has 134 valence electrons. The molecule has 0 aromatic heterocycles. The molecule has 0 radical (unpaired) electrons. The summed E-state index contributed by atoms with van der Waals surface area (Å²) in [7, 11) is 1.63. The van der Waals surface area contributed by atoms with Gasteiger partial charge in [-0.2, -0.15) is 0 Å². The average molecular weight is 386 g/mol. The lowest BCUT2D eigenvalue weighted by Crippen LogP contribution is -2.27. The zero-order chi connectivity index (χ0) is 18.5. The van der Waals surface area contributed by atoms with E-state index in [4.69, 9.17) is 21.7 Å². The Kier molecular flexibility index (Phi) is 6.08. The number of methoxy groups -OCH3 is 1. The topological polar surface area (TPSA) is 38.8 Å². The third-order valence-corrected chi connectivity index (χ3v) is 5.10. The van der Waals surface area contributed by atoms with E-state index < -0.39 is 0 Å². The highest BCUT2D eigenvalue weighted by molar-refractivity contribution is 8.27. The van der Waals surface area contributed by atoms with Gasteiger partial charge in [0, 0.05) is 7.11 Å². The van der Waals surface area contributed by atoms with E-state index in [1.807, 2.05) is 61.5 Å². The zero-order valence-electron chi connectivity index (χ0n) is 14.6. The highest BCUT2D eigenvalue weighted by atomic mass is 32.2. The van der Waals surface area contributed by atoms with Gasteiger partial charge >= 0.3 is 0 Å². The fourth-order valence-corrected chi connectivity index (χ4v) is 3.77. The van der Waals surface area contributed by atoms with Crippen LogP contribution in [0.2, 0.25) is 0 Å². The predicted molar refractivity (Wildman–Crippen MR) is 111 cm³/mol. The van der Waals surface area contributed by atoms with Gasteiger partial charge < -0.3 is 9.47 Å². The molecule has 4 nitrogen and oxygen atoms in total. The van der Waals surface area contributed by atoms with Gasteiger partial charge in [-0.1, -0.05) is 53.8 Å². The van der Waals surface area contributed by atoms with Crippen LogP contribution in [0.15, 0.2) is 53.4 Å². The Morgan fingerprint density at radius 2 is 1.92 bits per heavy atom. The number of hydrogen-bond donors (Lipinski definition) is 0. The molecular weight excluding hydrogens is 366 g/mol. The van der Waals surface area contributed by atoms with Crippen LogP contribution in [0.25, 0.3) is 6.08 Å². The van der Waals surface area contributed by atoms with Crippen LogP contribution in [0.1, 0.15) is 11.1 Å². The molecule has 0 bridgehead atoms. The predicted octanol–water partition coefficient (Wildman–Crippen LogP) is 4.43. The number of rotatable bonds is 6. The van der Waals surface area contributed by atoms with Gasteiger partial charge in [-0.05, 0) is 42.8 Å². The summed E-state index contributed by atoms with van der Waals surface area (Å²) >= 11 is 6.72. The maximum atomic E-state index is 12.8. The van der Waals surface area contributed by atoms with Gasteiger partial charge in [0.1, 0.15) is 12.4 Å². The normalized spacial score (nSPS) is 15.8. The summed E-state index contributed by atoms with van der Waals surface area (Å²) in [6.45, 7) is 3.02. The van der Waals surface area contributed by atoms with Gasteiger partial charge in [0.05, 0.1) is 17.2 Å². The molecule has 1 aliphatic rings. The van der Waals surface area contributed by atoms with Crippen molar-refractivity contribution in [1.82, 2.24) is 0 Å². The number of thiocarbonyl (C=S) groups is 1. The Hall–Kier alpha value is -2.15. The second kappa shape index (κ2) is 8.49. The first kappa shape index (κ1) is 18.6. The molecule has 1 saturated heterocycles. The lowest BCUT2D eigenvalue weighted by Gasteiger charge is -2.14. The summed E-state index contributed by atoms with van der Waals surface area (Å²) in [5, 5.41) is 0. The number of nitrogens with zero attached hydrogens (tertiary/aromatic N) is 1. The third-order valence-electron chi connectivity index (χ3n) is 3.80. The molecule has 2 aromatic carbocycles. The minimum Gasteiger partial charge on any atom is -0.491 e. The lowest BCUT2D eigenvalue weighted by atomic mass is 10.2. The number of benzene rings is 2. The van der Waals surface area contributed by atoms with Crippen molar-refractivity contribution >= 4 is 46.0 Å². The average Bonchev–Trinajstić information content (AvgIpc) is 2.90. The van der Waals surface area contributed by atoms with Gasteiger partial charge in [-0.3, -0.25) is 9.69 Å². The molecule has 0 spiro atoms. The quantitative estimate of drug-likeness (QED) is 0.418. The molecule has 1 heterocycles. The molecule has 0 unspecified atom stereocenters. The summed E-state index contributed by atoms with van der Waals surface area (Å²) in [5.74, 6) is 0.638. The Morgan fingerprint density at radius 1 is 1.15 bits per heavy atom. The van der Waals surface area contributed by atoms with E-state index >= 15 is 0 Å². The fourth-order valence-electron chi connectivity index (χ4n) is 2.47. The van der Waals surface area contributed by atoms with Crippen LogP contribution in [-0.4, -0.2) is 30.6 Å². The van der Waals surface area contributed by atoms with Crippen LogP contribution in [-0.2, 0) is 9.53 Å². The second-order valence-electron chi connectivity index (χ2n) is 5.77. The number of ether oxygens (including phenoxy) is 2. The van der Waals surface area contributed by atoms with Crippen molar-refractivity contribution in [2.45, 2.75) is 6.92 Å². The highest BCUT2D eigenvalue weighted by Gasteiger charge is 2.33. The highest BCUT2D eigenvalue weighted by Crippen LogP contribution is 2.36. The summed E-state index contributed by atoms with van der Waals surface area (Å²) in [5.41, 5.74) is 2.82. The van der Waals surface area contributed by atoms with Crippen molar-refractivity contribution in [3.8, 4) is 5.75 Å². The SMILES string of the molecule is COCCOc1cccc(/C=C2\SC(=S)N(c3ccc(C)cc3)C2=O)c1. The van der Waals surface area contributed by atoms with Crippen LogP contribution in [0.4, 0.5) is 5.69 Å². The molecule has 0 saturated carbocycles. The van der Waals surface area contributed by atoms with E-state index in [-0.39, 0.29) is 5.91 Å². The summed E-state index contributed by atoms with van der Waals surface area (Å²) in [6.07, 6.45) is 1.84. The van der Waals surface area contributed by atoms with E-state index in [1.54, 1.807) is 12.0 Å². The number of amides is 1. The second-order valence-corrected chi connectivity index (χ2v) is 7.44. The maximum absolute atomic E-state index is 12.8. The number of aryl methyl sites for hydroxylation is 1. The lowest BCUT2D eigenvalue weighted by molar-refractivity contribution is -0.113. The standard InChI is InChI=1S/C20H19NO3S2/c1-14-6-8-16(9-7-14)21-19(22)18(26-20(21)25)13-15-4-3-5-17(12-15)24-11-10-23-2/h3-9,12-13H,10-11H2,1-2H3/b18-13-. The monoisotopic (exact) mass is 385 g/mol. The van der Waals surface area contributed by atoms with Gasteiger partial charge in [-0.15, -0.1) is 0 Å². The van der Waals surface area contributed by atoms with Gasteiger partial charge in [0.25, 0.3) is 5.91 Å². The molecule has 0 atom stereocenters. The number of anilines is 1. The van der Waals surface area contributed by atoms with E-state index in [2.05, 4.69) is 0 Å². The first-order valence-corrected chi connectivity index (χ1v) is 9.37. The van der Waals surface area contributed by atoms with Crippen molar-refractivity contribution < 1.29 is 14.3 Å². The van der Waals surface area contributed by atoms with Crippen LogP contribution >= 0.6 is 24.0 Å². The molecule has 0 N–H and O–H groups in total. The smallest absolute Gasteiger partial charge is 0.270 e. The summed E-state index contributed by atoms with van der Waals surface area (Å²) < 4.78 is 11.1. The van der Waals surface area contributed by atoms with E-state index in [0.717, 1.165) is 22.6 Å². The molecule has 3 rings (SSSR count). The number of hydrogen-bond acceptors (Lipinski definition) is 5. The fraction of sp³-hybridized carbons (Fsp3) is 0.200. The molecule has 1 amide bonds. The van der Waals surface area contributed by atoms with Crippen molar-refractivity contribution in [3.05, 3.63) is 64.6 Å². The van der Waals surface area contributed by atoms with Crippen LogP contribution in [0, 0.1) is 6.92 Å². The Balaban J connectivity index is 1.79. The Bertz CT molecular complexity index is 846. The maximum Gasteiger partial charge on any atom is 0.270 e.